The van der Waals surface area contributed by atoms with Gasteiger partial charge >= 0.3 is 0 Å². The van der Waals surface area contributed by atoms with Gasteiger partial charge in [0.25, 0.3) is 0 Å². The summed E-state index contributed by atoms with van der Waals surface area (Å²) in [4.78, 5) is 29.9. The number of benzene rings is 1. The largest absolute Gasteiger partial charge is 0.341 e. The van der Waals surface area contributed by atoms with Gasteiger partial charge in [-0.2, -0.15) is 0 Å². The standard InChI is InChI=1S/C22H33N3O4S/c1-16(2)13-21(26)25-15-18-8-6-5-7-17(18)14-20(25)22(27)24-11-9-19(10-12-24)23(3)30(4,28)29/h5-8,16,19-20H,9-15H2,1-4H3. The van der Waals surface area contributed by atoms with Gasteiger partial charge in [-0.3, -0.25) is 9.59 Å². The Hall–Kier alpha value is -1.93. The zero-order valence-corrected chi connectivity index (χ0v) is 19.2. The van der Waals surface area contributed by atoms with Crippen molar-refractivity contribution in [2.45, 2.75) is 58.2 Å². The van der Waals surface area contributed by atoms with Gasteiger partial charge in [0.15, 0.2) is 0 Å². The maximum atomic E-state index is 13.4. The van der Waals surface area contributed by atoms with Crippen LogP contribution in [0.25, 0.3) is 0 Å². The van der Waals surface area contributed by atoms with E-state index >= 15 is 0 Å². The molecule has 2 heterocycles. The summed E-state index contributed by atoms with van der Waals surface area (Å²) >= 11 is 0. The van der Waals surface area contributed by atoms with E-state index in [2.05, 4.69) is 0 Å². The highest BCUT2D eigenvalue weighted by molar-refractivity contribution is 7.88. The molecule has 166 valence electrons. The van der Waals surface area contributed by atoms with Crippen LogP contribution in [0.15, 0.2) is 24.3 Å². The molecule has 1 aromatic carbocycles. The number of hydrogen-bond acceptors (Lipinski definition) is 4. The third-order valence-corrected chi connectivity index (χ3v) is 7.59. The first-order chi connectivity index (χ1) is 14.1. The van der Waals surface area contributed by atoms with Crippen LogP contribution >= 0.6 is 0 Å². The lowest BCUT2D eigenvalue weighted by molar-refractivity contribution is -0.148. The zero-order chi connectivity index (χ0) is 22.1. The number of hydrogen-bond donors (Lipinski definition) is 0. The first-order valence-electron chi connectivity index (χ1n) is 10.7. The lowest BCUT2D eigenvalue weighted by Gasteiger charge is -2.41. The predicted molar refractivity (Wildman–Crippen MR) is 116 cm³/mol. The molecule has 0 spiro atoms. The van der Waals surface area contributed by atoms with E-state index in [1.807, 2.05) is 38.1 Å². The quantitative estimate of drug-likeness (QED) is 0.707. The smallest absolute Gasteiger partial charge is 0.245 e. The fourth-order valence-electron chi connectivity index (χ4n) is 4.40. The van der Waals surface area contributed by atoms with Crippen molar-refractivity contribution in [2.75, 3.05) is 26.4 Å². The minimum Gasteiger partial charge on any atom is -0.341 e. The number of carbonyl (C=O) groups excluding carboxylic acids is 2. The van der Waals surface area contributed by atoms with Gasteiger partial charge in [0.1, 0.15) is 6.04 Å². The Balaban J connectivity index is 1.75. The summed E-state index contributed by atoms with van der Waals surface area (Å²) < 4.78 is 25.0. The number of nitrogens with zero attached hydrogens (tertiary/aromatic N) is 3. The third-order valence-electron chi connectivity index (χ3n) is 6.25. The number of piperidine rings is 1. The van der Waals surface area contributed by atoms with Gasteiger partial charge in [-0.25, -0.2) is 12.7 Å². The fourth-order valence-corrected chi connectivity index (χ4v) is 5.16. The zero-order valence-electron chi connectivity index (χ0n) is 18.4. The molecule has 0 N–H and O–H groups in total. The van der Waals surface area contributed by atoms with Crippen LogP contribution < -0.4 is 0 Å². The van der Waals surface area contributed by atoms with Gasteiger partial charge in [-0.15, -0.1) is 0 Å². The van der Waals surface area contributed by atoms with Gasteiger partial charge < -0.3 is 9.80 Å². The van der Waals surface area contributed by atoms with E-state index < -0.39 is 16.1 Å². The third kappa shape index (κ3) is 5.03. The fraction of sp³-hybridized carbons (Fsp3) is 0.636. The van der Waals surface area contributed by atoms with E-state index in [1.54, 1.807) is 16.8 Å². The van der Waals surface area contributed by atoms with Crippen LogP contribution in [0.2, 0.25) is 0 Å². The number of rotatable bonds is 5. The molecule has 30 heavy (non-hydrogen) atoms. The van der Waals surface area contributed by atoms with Crippen molar-refractivity contribution in [3.8, 4) is 0 Å². The first kappa shape index (κ1) is 22.7. The summed E-state index contributed by atoms with van der Waals surface area (Å²) in [7, 11) is -1.65. The summed E-state index contributed by atoms with van der Waals surface area (Å²) in [5, 5.41) is 0. The van der Waals surface area contributed by atoms with E-state index in [0.29, 0.717) is 45.3 Å². The molecule has 0 radical (unpaired) electrons. The van der Waals surface area contributed by atoms with Crippen molar-refractivity contribution >= 4 is 21.8 Å². The summed E-state index contributed by atoms with van der Waals surface area (Å²) in [6.45, 7) is 5.50. The highest BCUT2D eigenvalue weighted by atomic mass is 32.2. The molecule has 2 aliphatic heterocycles. The summed E-state index contributed by atoms with van der Waals surface area (Å²) in [6, 6.07) is 7.42. The molecule has 1 unspecified atom stereocenters. The second-order valence-corrected chi connectivity index (χ2v) is 11.0. The topological polar surface area (TPSA) is 78.0 Å². The molecule has 2 aliphatic rings. The lowest BCUT2D eigenvalue weighted by Crippen LogP contribution is -2.56. The highest BCUT2D eigenvalue weighted by Gasteiger charge is 2.38. The van der Waals surface area contributed by atoms with Gasteiger partial charge in [0.05, 0.1) is 6.26 Å². The molecule has 1 aromatic rings. The molecule has 0 aliphatic carbocycles. The maximum absolute atomic E-state index is 13.4. The van der Waals surface area contributed by atoms with Crippen molar-refractivity contribution in [3.05, 3.63) is 35.4 Å². The molecule has 2 amide bonds. The van der Waals surface area contributed by atoms with Crippen LogP contribution in [0.3, 0.4) is 0 Å². The predicted octanol–water partition coefficient (Wildman–Crippen LogP) is 1.87. The second kappa shape index (κ2) is 9.06. The number of fused-ring (bicyclic) bond motifs is 1. The van der Waals surface area contributed by atoms with E-state index in [1.165, 1.54) is 10.6 Å². The molecule has 8 heteroatoms. The van der Waals surface area contributed by atoms with Crippen LogP contribution in [-0.2, 0) is 32.6 Å². The number of sulfonamides is 1. The van der Waals surface area contributed by atoms with Crippen molar-refractivity contribution in [1.29, 1.82) is 0 Å². The molecule has 0 aromatic heterocycles. The van der Waals surface area contributed by atoms with Crippen LogP contribution in [0.4, 0.5) is 0 Å². The minimum atomic E-state index is -3.25. The molecule has 1 saturated heterocycles. The SMILES string of the molecule is CC(C)CC(=O)N1Cc2ccccc2CC1C(=O)N1CCC(N(C)S(C)(=O)=O)CC1. The Morgan fingerprint density at radius 3 is 2.30 bits per heavy atom. The van der Waals surface area contributed by atoms with Crippen molar-refractivity contribution in [3.63, 3.8) is 0 Å². The minimum absolute atomic E-state index is 0.0181. The van der Waals surface area contributed by atoms with E-state index in [0.717, 1.165) is 11.1 Å². The maximum Gasteiger partial charge on any atom is 0.245 e. The summed E-state index contributed by atoms with van der Waals surface area (Å²) in [6.07, 6.45) is 3.38. The van der Waals surface area contributed by atoms with E-state index in [4.69, 9.17) is 0 Å². The van der Waals surface area contributed by atoms with E-state index in [-0.39, 0.29) is 23.8 Å². The highest BCUT2D eigenvalue weighted by Crippen LogP contribution is 2.27. The van der Waals surface area contributed by atoms with Crippen molar-refractivity contribution in [2.24, 2.45) is 5.92 Å². The molecule has 1 fully saturated rings. The molecule has 0 bridgehead atoms. The van der Waals surface area contributed by atoms with Crippen molar-refractivity contribution < 1.29 is 18.0 Å². The Morgan fingerprint density at radius 1 is 1.13 bits per heavy atom. The molecular formula is C22H33N3O4S. The molecule has 0 saturated carbocycles. The molecule has 3 rings (SSSR count). The lowest BCUT2D eigenvalue weighted by atomic mass is 9.91. The molecular weight excluding hydrogens is 402 g/mol. The summed E-state index contributed by atoms with van der Waals surface area (Å²) in [5.41, 5.74) is 2.23. The monoisotopic (exact) mass is 435 g/mol. The second-order valence-electron chi connectivity index (χ2n) is 8.94. The van der Waals surface area contributed by atoms with Gasteiger partial charge in [-0.1, -0.05) is 38.1 Å². The van der Waals surface area contributed by atoms with Gasteiger partial charge in [0.2, 0.25) is 21.8 Å². The van der Waals surface area contributed by atoms with Crippen LogP contribution in [0, 0.1) is 5.92 Å². The Labute approximate surface area is 180 Å². The molecule has 7 nitrogen and oxygen atoms in total. The van der Waals surface area contributed by atoms with Crippen LogP contribution in [0.1, 0.15) is 44.2 Å². The Kier molecular flexibility index (Phi) is 6.87. The number of likely N-dealkylation sites (tertiary alicyclic amines) is 1. The molecule has 1 atom stereocenters. The number of carbonyl (C=O) groups is 2. The summed E-state index contributed by atoms with van der Waals surface area (Å²) in [5.74, 6) is 0.222. The number of amides is 2. The van der Waals surface area contributed by atoms with Gasteiger partial charge in [0, 0.05) is 45.6 Å². The Morgan fingerprint density at radius 2 is 1.73 bits per heavy atom. The van der Waals surface area contributed by atoms with Crippen LogP contribution in [-0.4, -0.2) is 72.8 Å². The first-order valence-corrected chi connectivity index (χ1v) is 12.5. The van der Waals surface area contributed by atoms with Crippen LogP contribution in [0.5, 0.6) is 0 Å². The average Bonchev–Trinajstić information content (AvgIpc) is 2.70. The van der Waals surface area contributed by atoms with Crippen molar-refractivity contribution in [1.82, 2.24) is 14.1 Å². The van der Waals surface area contributed by atoms with E-state index in [9.17, 15) is 18.0 Å². The Bertz CT molecular complexity index is 891. The van der Waals surface area contributed by atoms with Gasteiger partial charge in [-0.05, 0) is 29.9 Å². The normalized spacial score (nSPS) is 20.5. The average molecular weight is 436 g/mol.